The fourth-order valence-electron chi connectivity index (χ4n) is 5.11. The zero-order valence-corrected chi connectivity index (χ0v) is 23.5. The van der Waals surface area contributed by atoms with E-state index in [0.29, 0.717) is 18.5 Å². The first-order valence-electron chi connectivity index (χ1n) is 13.4. The quantitative estimate of drug-likeness (QED) is 0.278. The van der Waals surface area contributed by atoms with E-state index >= 15 is 0 Å². The third-order valence-corrected chi connectivity index (χ3v) is 8.97. The smallest absolute Gasteiger partial charge is 0.416 e. The van der Waals surface area contributed by atoms with Crippen molar-refractivity contribution in [1.29, 1.82) is 0 Å². The van der Waals surface area contributed by atoms with Crippen molar-refractivity contribution in [1.82, 2.24) is 10.0 Å². The maximum atomic E-state index is 12.7. The number of alkyl halides is 3. The van der Waals surface area contributed by atoms with Crippen LogP contribution in [0.1, 0.15) is 57.6 Å². The molecule has 9 heteroatoms. The van der Waals surface area contributed by atoms with Crippen LogP contribution in [0.2, 0.25) is 0 Å². The Morgan fingerprint density at radius 2 is 1.49 bits per heavy atom. The monoisotopic (exact) mass is 562 g/mol. The molecule has 4 rings (SSSR count). The molecule has 0 spiro atoms. The zero-order valence-electron chi connectivity index (χ0n) is 22.6. The highest BCUT2D eigenvalue weighted by molar-refractivity contribution is 7.89. The highest BCUT2D eigenvalue weighted by Crippen LogP contribution is 2.39. The molecular formula is C30H37F3N2O3S. The molecule has 0 heterocycles. The molecule has 1 aliphatic carbocycles. The molecule has 0 bridgehead atoms. The van der Waals surface area contributed by atoms with Crippen molar-refractivity contribution in [2.75, 3.05) is 13.1 Å². The molecule has 1 aliphatic rings. The molecule has 1 fully saturated rings. The van der Waals surface area contributed by atoms with E-state index in [-0.39, 0.29) is 17.5 Å². The molecule has 212 valence electrons. The van der Waals surface area contributed by atoms with Gasteiger partial charge in [-0.3, -0.25) is 0 Å². The lowest BCUT2D eigenvalue weighted by molar-refractivity contribution is -0.137. The molecule has 39 heavy (non-hydrogen) atoms. The molecule has 0 amide bonds. The number of ether oxygens (including phenoxy) is 1. The maximum absolute atomic E-state index is 12.7. The average Bonchev–Trinajstić information content (AvgIpc) is 2.88. The fraction of sp³-hybridized carbons (Fsp3) is 0.467. The van der Waals surface area contributed by atoms with Gasteiger partial charge in [-0.05, 0) is 95.8 Å². The van der Waals surface area contributed by atoms with Gasteiger partial charge in [0.2, 0.25) is 10.0 Å². The van der Waals surface area contributed by atoms with Crippen molar-refractivity contribution in [2.45, 2.75) is 70.2 Å². The summed E-state index contributed by atoms with van der Waals surface area (Å²) in [4.78, 5) is -0.203. The van der Waals surface area contributed by atoms with Crippen molar-refractivity contribution in [3.8, 4) is 5.75 Å². The number of sulfonamides is 1. The summed E-state index contributed by atoms with van der Waals surface area (Å²) in [5.74, 6) is 1.65. The van der Waals surface area contributed by atoms with E-state index in [1.165, 1.54) is 12.8 Å². The highest BCUT2D eigenvalue weighted by atomic mass is 32.2. The Bertz CT molecular complexity index is 1360. The van der Waals surface area contributed by atoms with Crippen molar-refractivity contribution in [3.05, 3.63) is 71.8 Å². The van der Waals surface area contributed by atoms with E-state index in [1.807, 2.05) is 12.1 Å². The molecule has 5 nitrogen and oxygen atoms in total. The largest absolute Gasteiger partial charge is 0.490 e. The predicted molar refractivity (Wildman–Crippen MR) is 148 cm³/mol. The summed E-state index contributed by atoms with van der Waals surface area (Å²) < 4.78 is 71.5. The second-order valence-corrected chi connectivity index (χ2v) is 13.2. The minimum absolute atomic E-state index is 0.106. The van der Waals surface area contributed by atoms with Gasteiger partial charge in [0.25, 0.3) is 0 Å². The third kappa shape index (κ3) is 7.96. The second kappa shape index (κ2) is 11.9. The molecule has 0 saturated heterocycles. The molecule has 0 atom stereocenters. The molecule has 2 N–H and O–H groups in total. The molecule has 3 aromatic carbocycles. The van der Waals surface area contributed by atoms with Crippen molar-refractivity contribution >= 4 is 20.8 Å². The van der Waals surface area contributed by atoms with Crippen LogP contribution in [0.3, 0.4) is 0 Å². The predicted octanol–water partition coefficient (Wildman–Crippen LogP) is 6.91. The summed E-state index contributed by atoms with van der Waals surface area (Å²) in [7, 11) is -3.89. The van der Waals surface area contributed by atoms with E-state index in [9.17, 15) is 21.6 Å². The van der Waals surface area contributed by atoms with Crippen LogP contribution in [0, 0.1) is 11.3 Å². The third-order valence-electron chi connectivity index (χ3n) is 7.49. The number of benzene rings is 3. The summed E-state index contributed by atoms with van der Waals surface area (Å²) in [5, 5.41) is 5.40. The summed E-state index contributed by atoms with van der Waals surface area (Å²) in [6.07, 6.45) is 0.338. The summed E-state index contributed by atoms with van der Waals surface area (Å²) in [6.45, 7) is 7.98. The standard InChI is InChI=1S/C30H37F3N2O3S/c1-29(2,3)24-7-12-26(13-8-24)38-27-11-6-22-18-21(4-5-23(22)19-27)20-34-16-17-35-39(36,37)28-14-9-25(10-15-28)30(31,32)33/h4-6,9-11,14-15,18-19,24,26,34-35H,7-8,12-13,16-17,20H2,1-3H3/t24-,26-. The molecule has 1 saturated carbocycles. The van der Waals surface area contributed by atoms with E-state index < -0.39 is 21.8 Å². The number of hydrogen-bond acceptors (Lipinski definition) is 4. The van der Waals surface area contributed by atoms with Gasteiger partial charge in [-0.15, -0.1) is 0 Å². The lowest BCUT2D eigenvalue weighted by Crippen LogP contribution is -2.31. The van der Waals surface area contributed by atoms with Crippen molar-refractivity contribution < 1.29 is 26.3 Å². The van der Waals surface area contributed by atoms with Gasteiger partial charge in [0, 0.05) is 19.6 Å². The Morgan fingerprint density at radius 1 is 0.846 bits per heavy atom. The van der Waals surface area contributed by atoms with Crippen molar-refractivity contribution in [3.63, 3.8) is 0 Å². The Kier molecular flexibility index (Phi) is 8.93. The zero-order chi connectivity index (χ0) is 28.3. The molecule has 0 radical (unpaired) electrons. The van der Waals surface area contributed by atoms with Gasteiger partial charge in [-0.25, -0.2) is 13.1 Å². The van der Waals surface area contributed by atoms with Gasteiger partial charge in [0.05, 0.1) is 16.6 Å². The van der Waals surface area contributed by atoms with Gasteiger partial charge >= 0.3 is 6.18 Å². The van der Waals surface area contributed by atoms with Gasteiger partial charge in [-0.1, -0.05) is 39.0 Å². The lowest BCUT2D eigenvalue weighted by atomic mass is 9.72. The van der Waals surface area contributed by atoms with E-state index in [4.69, 9.17) is 4.74 Å². The molecule has 0 aromatic heterocycles. The number of hydrogen-bond donors (Lipinski definition) is 2. The van der Waals surface area contributed by atoms with Gasteiger partial charge in [0.15, 0.2) is 0 Å². The van der Waals surface area contributed by atoms with Gasteiger partial charge in [-0.2, -0.15) is 13.2 Å². The second-order valence-electron chi connectivity index (χ2n) is 11.4. The number of nitrogens with one attached hydrogen (secondary N) is 2. The SMILES string of the molecule is CC(C)(C)[C@H]1CC[C@H](Oc2ccc3cc(CNCCNS(=O)(=O)c4ccc(C(F)(F)F)cc4)ccc3c2)CC1. The van der Waals surface area contributed by atoms with E-state index in [0.717, 1.165) is 65.1 Å². The van der Waals surface area contributed by atoms with E-state index in [1.54, 1.807) is 0 Å². The lowest BCUT2D eigenvalue weighted by Gasteiger charge is -2.37. The van der Waals surface area contributed by atoms with E-state index in [2.05, 4.69) is 55.1 Å². The van der Waals surface area contributed by atoms with Crippen LogP contribution in [0.15, 0.2) is 65.6 Å². The summed E-state index contributed by atoms with van der Waals surface area (Å²) in [6, 6.07) is 15.8. The van der Waals surface area contributed by atoms with Crippen LogP contribution in [-0.4, -0.2) is 27.6 Å². The first kappa shape index (κ1) is 29.4. The first-order chi connectivity index (χ1) is 18.3. The molecule has 3 aromatic rings. The topological polar surface area (TPSA) is 67.4 Å². The van der Waals surface area contributed by atoms with Crippen LogP contribution in [-0.2, 0) is 22.7 Å². The normalized spacial score (nSPS) is 18.8. The Labute approximate surface area is 229 Å². The minimum Gasteiger partial charge on any atom is -0.490 e. The van der Waals surface area contributed by atoms with Crippen LogP contribution in [0.4, 0.5) is 13.2 Å². The molecule has 0 aliphatic heterocycles. The Morgan fingerprint density at radius 3 is 2.13 bits per heavy atom. The fourth-order valence-corrected chi connectivity index (χ4v) is 6.14. The number of halogens is 3. The number of fused-ring (bicyclic) bond motifs is 1. The summed E-state index contributed by atoms with van der Waals surface area (Å²) in [5.41, 5.74) is 0.521. The minimum atomic E-state index is -4.51. The summed E-state index contributed by atoms with van der Waals surface area (Å²) >= 11 is 0. The highest BCUT2D eigenvalue weighted by Gasteiger charge is 2.31. The van der Waals surface area contributed by atoms with Crippen LogP contribution in [0.25, 0.3) is 10.8 Å². The number of rotatable bonds is 9. The Balaban J connectivity index is 1.23. The van der Waals surface area contributed by atoms with Crippen LogP contribution >= 0.6 is 0 Å². The van der Waals surface area contributed by atoms with Gasteiger partial charge < -0.3 is 10.1 Å². The maximum Gasteiger partial charge on any atom is 0.416 e. The van der Waals surface area contributed by atoms with Gasteiger partial charge in [0.1, 0.15) is 5.75 Å². The van der Waals surface area contributed by atoms with Crippen LogP contribution in [0.5, 0.6) is 5.75 Å². The average molecular weight is 563 g/mol. The first-order valence-corrected chi connectivity index (χ1v) is 14.9. The van der Waals surface area contributed by atoms with Crippen LogP contribution < -0.4 is 14.8 Å². The van der Waals surface area contributed by atoms with Crippen molar-refractivity contribution in [2.24, 2.45) is 11.3 Å². The molecular weight excluding hydrogens is 525 g/mol. The Hall–Kier alpha value is -2.62. The molecule has 0 unspecified atom stereocenters.